The highest BCUT2D eigenvalue weighted by molar-refractivity contribution is 5.81. The van der Waals surface area contributed by atoms with Crippen molar-refractivity contribution in [1.29, 1.82) is 0 Å². The van der Waals surface area contributed by atoms with Crippen molar-refractivity contribution in [3.05, 3.63) is 12.7 Å². The van der Waals surface area contributed by atoms with Crippen LogP contribution in [0.4, 0.5) is 0 Å². The fourth-order valence-corrected chi connectivity index (χ4v) is 1.82. The monoisotopic (exact) mass is 212 g/mol. The second-order valence-corrected chi connectivity index (χ2v) is 4.00. The SMILES string of the molecule is C=CCNC(=O)C(C)N1CCCC(O)C1. The first-order valence-electron chi connectivity index (χ1n) is 5.46. The Kier molecular flexibility index (Phi) is 4.78. The molecule has 1 fully saturated rings. The molecule has 0 bridgehead atoms. The Balaban J connectivity index is 2.40. The normalized spacial score (nSPS) is 24.5. The minimum Gasteiger partial charge on any atom is -0.392 e. The molecular weight excluding hydrogens is 192 g/mol. The third-order valence-electron chi connectivity index (χ3n) is 2.78. The van der Waals surface area contributed by atoms with E-state index in [1.54, 1.807) is 6.08 Å². The molecule has 0 aromatic heterocycles. The average molecular weight is 212 g/mol. The fraction of sp³-hybridized carbons (Fsp3) is 0.727. The molecule has 0 spiro atoms. The third kappa shape index (κ3) is 3.64. The van der Waals surface area contributed by atoms with Crippen LogP contribution in [0, 0.1) is 0 Å². The largest absolute Gasteiger partial charge is 0.392 e. The number of nitrogens with zero attached hydrogens (tertiary/aromatic N) is 1. The Hall–Kier alpha value is -0.870. The van der Waals surface area contributed by atoms with E-state index >= 15 is 0 Å². The second kappa shape index (κ2) is 5.88. The van der Waals surface area contributed by atoms with Crippen molar-refractivity contribution in [2.45, 2.75) is 31.9 Å². The summed E-state index contributed by atoms with van der Waals surface area (Å²) in [6, 6.07) is -0.167. The molecule has 4 heteroatoms. The number of carbonyl (C=O) groups excluding carboxylic acids is 1. The van der Waals surface area contributed by atoms with Crippen molar-refractivity contribution in [2.24, 2.45) is 0 Å². The Morgan fingerprint density at radius 2 is 2.53 bits per heavy atom. The summed E-state index contributed by atoms with van der Waals surface area (Å²) in [7, 11) is 0. The summed E-state index contributed by atoms with van der Waals surface area (Å²) in [5, 5.41) is 12.3. The van der Waals surface area contributed by atoms with Crippen LogP contribution in [0.15, 0.2) is 12.7 Å². The van der Waals surface area contributed by atoms with E-state index in [1.165, 1.54) is 0 Å². The van der Waals surface area contributed by atoms with Gasteiger partial charge in [-0.05, 0) is 26.3 Å². The molecule has 15 heavy (non-hydrogen) atoms. The summed E-state index contributed by atoms with van der Waals surface area (Å²) in [4.78, 5) is 13.6. The quantitative estimate of drug-likeness (QED) is 0.651. The Morgan fingerprint density at radius 1 is 1.80 bits per heavy atom. The highest BCUT2D eigenvalue weighted by Gasteiger charge is 2.25. The summed E-state index contributed by atoms with van der Waals surface area (Å²) in [5.41, 5.74) is 0. The lowest BCUT2D eigenvalue weighted by molar-refractivity contribution is -0.126. The maximum atomic E-state index is 11.6. The first kappa shape index (κ1) is 12.2. The summed E-state index contributed by atoms with van der Waals surface area (Å²) in [6.45, 7) is 7.41. The maximum absolute atomic E-state index is 11.6. The first-order chi connectivity index (χ1) is 7.15. The molecule has 0 saturated carbocycles. The molecule has 2 unspecified atom stereocenters. The number of aliphatic hydroxyl groups is 1. The number of rotatable bonds is 4. The lowest BCUT2D eigenvalue weighted by Gasteiger charge is -2.33. The van der Waals surface area contributed by atoms with Gasteiger partial charge >= 0.3 is 0 Å². The number of hydrogen-bond donors (Lipinski definition) is 2. The van der Waals surface area contributed by atoms with Crippen molar-refractivity contribution in [3.8, 4) is 0 Å². The standard InChI is InChI=1S/C11H20N2O2/c1-3-6-12-11(15)9(2)13-7-4-5-10(14)8-13/h3,9-10,14H,1,4-8H2,2H3,(H,12,15). The molecule has 1 aliphatic rings. The molecule has 1 amide bonds. The molecule has 0 aromatic rings. The molecule has 1 saturated heterocycles. The van der Waals surface area contributed by atoms with Crippen LogP contribution in [0.3, 0.4) is 0 Å². The predicted octanol–water partition coefficient (Wildman–Crippen LogP) is 0.134. The Labute approximate surface area is 91.0 Å². The van der Waals surface area contributed by atoms with Crippen molar-refractivity contribution in [3.63, 3.8) is 0 Å². The lowest BCUT2D eigenvalue weighted by atomic mass is 10.1. The topological polar surface area (TPSA) is 52.6 Å². The van der Waals surface area contributed by atoms with Crippen molar-refractivity contribution in [2.75, 3.05) is 19.6 Å². The Bertz CT molecular complexity index is 231. The van der Waals surface area contributed by atoms with Gasteiger partial charge in [-0.25, -0.2) is 0 Å². The van der Waals surface area contributed by atoms with E-state index in [9.17, 15) is 9.90 Å². The van der Waals surface area contributed by atoms with Crippen LogP contribution in [0.2, 0.25) is 0 Å². The van der Waals surface area contributed by atoms with E-state index in [0.29, 0.717) is 13.1 Å². The zero-order valence-electron chi connectivity index (χ0n) is 9.28. The molecule has 0 aliphatic carbocycles. The molecule has 1 aliphatic heterocycles. The van der Waals surface area contributed by atoms with Gasteiger partial charge in [-0.3, -0.25) is 9.69 Å². The van der Waals surface area contributed by atoms with Crippen LogP contribution in [-0.2, 0) is 4.79 Å². The smallest absolute Gasteiger partial charge is 0.237 e. The van der Waals surface area contributed by atoms with Crippen LogP contribution in [0.5, 0.6) is 0 Å². The zero-order chi connectivity index (χ0) is 11.3. The van der Waals surface area contributed by atoms with Crippen molar-refractivity contribution < 1.29 is 9.90 Å². The summed E-state index contributed by atoms with van der Waals surface area (Å²) in [5.74, 6) is 0.00370. The van der Waals surface area contributed by atoms with Gasteiger partial charge in [0.2, 0.25) is 5.91 Å². The van der Waals surface area contributed by atoms with Crippen molar-refractivity contribution >= 4 is 5.91 Å². The lowest BCUT2D eigenvalue weighted by Crippen LogP contribution is -2.50. The van der Waals surface area contributed by atoms with Gasteiger partial charge in [-0.15, -0.1) is 6.58 Å². The fourth-order valence-electron chi connectivity index (χ4n) is 1.82. The van der Waals surface area contributed by atoms with E-state index in [-0.39, 0.29) is 18.1 Å². The van der Waals surface area contributed by atoms with Crippen molar-refractivity contribution in [1.82, 2.24) is 10.2 Å². The van der Waals surface area contributed by atoms with Gasteiger partial charge < -0.3 is 10.4 Å². The van der Waals surface area contributed by atoms with E-state index < -0.39 is 0 Å². The number of piperidine rings is 1. The molecule has 2 N–H and O–H groups in total. The van der Waals surface area contributed by atoms with Gasteiger partial charge in [0.15, 0.2) is 0 Å². The summed E-state index contributed by atoms with van der Waals surface area (Å²) < 4.78 is 0. The van der Waals surface area contributed by atoms with Gasteiger partial charge in [0.05, 0.1) is 12.1 Å². The highest BCUT2D eigenvalue weighted by Crippen LogP contribution is 2.12. The second-order valence-electron chi connectivity index (χ2n) is 4.00. The molecule has 1 rings (SSSR count). The van der Waals surface area contributed by atoms with E-state index in [4.69, 9.17) is 0 Å². The zero-order valence-corrected chi connectivity index (χ0v) is 9.28. The van der Waals surface area contributed by atoms with Gasteiger partial charge in [0.25, 0.3) is 0 Å². The molecular formula is C11H20N2O2. The Morgan fingerprint density at radius 3 is 3.13 bits per heavy atom. The van der Waals surface area contributed by atoms with Gasteiger partial charge in [0.1, 0.15) is 0 Å². The molecule has 1 heterocycles. The van der Waals surface area contributed by atoms with Crippen LogP contribution < -0.4 is 5.32 Å². The minimum atomic E-state index is -0.284. The number of carbonyl (C=O) groups is 1. The van der Waals surface area contributed by atoms with E-state index in [0.717, 1.165) is 19.4 Å². The molecule has 0 aromatic carbocycles. The van der Waals surface area contributed by atoms with Crippen LogP contribution >= 0.6 is 0 Å². The molecule has 0 radical (unpaired) electrons. The number of amides is 1. The van der Waals surface area contributed by atoms with Crippen LogP contribution in [0.1, 0.15) is 19.8 Å². The van der Waals surface area contributed by atoms with Crippen LogP contribution in [-0.4, -0.2) is 47.7 Å². The summed E-state index contributed by atoms with van der Waals surface area (Å²) >= 11 is 0. The molecule has 86 valence electrons. The third-order valence-corrected chi connectivity index (χ3v) is 2.78. The van der Waals surface area contributed by atoms with Gasteiger partial charge in [-0.2, -0.15) is 0 Å². The minimum absolute atomic E-state index is 0.00370. The molecule has 4 nitrogen and oxygen atoms in total. The average Bonchev–Trinajstić information content (AvgIpc) is 2.24. The van der Waals surface area contributed by atoms with Crippen LogP contribution in [0.25, 0.3) is 0 Å². The van der Waals surface area contributed by atoms with Gasteiger partial charge in [-0.1, -0.05) is 6.08 Å². The van der Waals surface area contributed by atoms with Gasteiger partial charge in [0, 0.05) is 13.1 Å². The number of β-amino-alcohol motifs (C(OH)–C–C–N with tert-alkyl or cyclic N) is 1. The van der Waals surface area contributed by atoms with E-state index in [2.05, 4.69) is 11.9 Å². The first-order valence-corrected chi connectivity index (χ1v) is 5.46. The molecule has 2 atom stereocenters. The predicted molar refractivity (Wildman–Crippen MR) is 59.5 cm³/mol. The number of nitrogens with one attached hydrogen (secondary N) is 1. The summed E-state index contributed by atoms with van der Waals surface area (Å²) in [6.07, 6.45) is 3.18. The number of likely N-dealkylation sites (tertiary alicyclic amines) is 1. The number of aliphatic hydroxyl groups excluding tert-OH is 1. The maximum Gasteiger partial charge on any atom is 0.237 e. The highest BCUT2D eigenvalue weighted by atomic mass is 16.3. The number of hydrogen-bond acceptors (Lipinski definition) is 3. The van der Waals surface area contributed by atoms with E-state index in [1.807, 2.05) is 11.8 Å².